The Kier molecular flexibility index (Phi) is 15.7. The van der Waals surface area contributed by atoms with E-state index in [9.17, 15) is 4.79 Å². The van der Waals surface area contributed by atoms with Crippen LogP contribution in [-0.4, -0.2) is 5.97 Å². The van der Waals surface area contributed by atoms with Gasteiger partial charge < -0.3 is 4.74 Å². The van der Waals surface area contributed by atoms with Gasteiger partial charge in [-0.25, -0.2) is 0 Å². The topological polar surface area (TPSA) is 26.3 Å². The first-order valence-electron chi connectivity index (χ1n) is 12.0. The molecule has 1 aromatic carbocycles. The van der Waals surface area contributed by atoms with Crippen molar-refractivity contribution in [3.05, 3.63) is 29.8 Å². The SMILES string of the molecule is CCCCCCCCCCCCCCCCCCC(=O)Oc1ccccc1C. The van der Waals surface area contributed by atoms with Crippen molar-refractivity contribution in [2.24, 2.45) is 0 Å². The fraction of sp³-hybridized carbons (Fsp3) is 0.731. The average molecular weight is 389 g/mol. The zero-order valence-corrected chi connectivity index (χ0v) is 18.6. The molecule has 0 aliphatic carbocycles. The number of para-hydroxylation sites is 1. The molecule has 0 saturated carbocycles. The number of ether oxygens (including phenoxy) is 1. The molecular weight excluding hydrogens is 344 g/mol. The summed E-state index contributed by atoms with van der Waals surface area (Å²) in [5.41, 5.74) is 1.02. The Labute approximate surface area is 174 Å². The predicted octanol–water partition coefficient (Wildman–Crippen LogP) is 8.55. The molecule has 0 saturated heterocycles. The van der Waals surface area contributed by atoms with Crippen molar-refractivity contribution >= 4 is 5.97 Å². The van der Waals surface area contributed by atoms with Gasteiger partial charge >= 0.3 is 5.97 Å². The van der Waals surface area contributed by atoms with Gasteiger partial charge in [0.2, 0.25) is 0 Å². The second-order valence-corrected chi connectivity index (χ2v) is 8.29. The van der Waals surface area contributed by atoms with Crippen molar-refractivity contribution in [2.75, 3.05) is 0 Å². The molecule has 1 aromatic rings. The largest absolute Gasteiger partial charge is 0.426 e. The highest BCUT2D eigenvalue weighted by Crippen LogP contribution is 2.18. The van der Waals surface area contributed by atoms with E-state index in [0.717, 1.165) is 18.4 Å². The predicted molar refractivity (Wildman–Crippen MR) is 121 cm³/mol. The van der Waals surface area contributed by atoms with E-state index in [1.54, 1.807) is 0 Å². The van der Waals surface area contributed by atoms with Crippen molar-refractivity contribution < 1.29 is 9.53 Å². The molecule has 0 radical (unpaired) electrons. The van der Waals surface area contributed by atoms with Crippen LogP contribution in [-0.2, 0) is 4.79 Å². The third-order valence-electron chi connectivity index (χ3n) is 5.55. The van der Waals surface area contributed by atoms with Gasteiger partial charge in [0.15, 0.2) is 0 Å². The van der Waals surface area contributed by atoms with Crippen molar-refractivity contribution in [1.82, 2.24) is 0 Å². The number of carbonyl (C=O) groups is 1. The number of rotatable bonds is 18. The molecule has 0 aliphatic heterocycles. The summed E-state index contributed by atoms with van der Waals surface area (Å²) in [4.78, 5) is 11.9. The summed E-state index contributed by atoms with van der Waals surface area (Å²) >= 11 is 0. The van der Waals surface area contributed by atoms with Crippen molar-refractivity contribution in [3.63, 3.8) is 0 Å². The monoisotopic (exact) mass is 388 g/mol. The number of carbonyl (C=O) groups excluding carboxylic acids is 1. The molecule has 0 bridgehead atoms. The Hall–Kier alpha value is -1.31. The zero-order valence-electron chi connectivity index (χ0n) is 18.6. The van der Waals surface area contributed by atoms with E-state index in [4.69, 9.17) is 4.74 Å². The van der Waals surface area contributed by atoms with Crippen LogP contribution in [0.15, 0.2) is 24.3 Å². The van der Waals surface area contributed by atoms with Gasteiger partial charge in [0.1, 0.15) is 5.75 Å². The van der Waals surface area contributed by atoms with Crippen LogP contribution in [0.25, 0.3) is 0 Å². The Balaban J connectivity index is 1.81. The third kappa shape index (κ3) is 13.8. The highest BCUT2D eigenvalue weighted by Gasteiger charge is 2.06. The smallest absolute Gasteiger partial charge is 0.311 e. The molecule has 0 aromatic heterocycles. The van der Waals surface area contributed by atoms with Gasteiger partial charge in [-0.1, -0.05) is 121 Å². The van der Waals surface area contributed by atoms with Gasteiger partial charge in [-0.05, 0) is 25.0 Å². The molecule has 1 rings (SSSR count). The van der Waals surface area contributed by atoms with Gasteiger partial charge in [0, 0.05) is 6.42 Å². The number of aryl methyl sites for hydroxylation is 1. The zero-order chi connectivity index (χ0) is 20.3. The van der Waals surface area contributed by atoms with Crippen molar-refractivity contribution in [1.29, 1.82) is 0 Å². The molecule has 0 spiro atoms. The maximum Gasteiger partial charge on any atom is 0.311 e. The minimum absolute atomic E-state index is 0.0975. The first-order chi connectivity index (χ1) is 13.7. The number of esters is 1. The van der Waals surface area contributed by atoms with Crippen molar-refractivity contribution in [2.45, 2.75) is 123 Å². The number of hydrogen-bond acceptors (Lipinski definition) is 2. The third-order valence-corrected chi connectivity index (χ3v) is 5.55. The van der Waals surface area contributed by atoms with E-state index in [2.05, 4.69) is 6.92 Å². The first-order valence-corrected chi connectivity index (χ1v) is 12.0. The summed E-state index contributed by atoms with van der Waals surface area (Å²) < 4.78 is 5.43. The molecule has 0 amide bonds. The average Bonchev–Trinajstić information content (AvgIpc) is 2.69. The van der Waals surface area contributed by atoms with Crippen LogP contribution in [0.4, 0.5) is 0 Å². The van der Waals surface area contributed by atoms with Crippen LogP contribution in [0.3, 0.4) is 0 Å². The standard InChI is InChI=1S/C26H44O2/c1-3-4-5-6-7-8-9-10-11-12-13-14-15-16-17-18-23-26(27)28-25-22-20-19-21-24(25)2/h19-22H,3-18,23H2,1-2H3. The molecule has 28 heavy (non-hydrogen) atoms. The van der Waals surface area contributed by atoms with E-state index in [0.29, 0.717) is 12.2 Å². The number of benzene rings is 1. The minimum atomic E-state index is -0.0975. The summed E-state index contributed by atoms with van der Waals surface area (Å²) in [5.74, 6) is 0.601. The molecule has 160 valence electrons. The fourth-order valence-corrected chi connectivity index (χ4v) is 3.66. The Morgan fingerprint density at radius 2 is 1.11 bits per heavy atom. The maximum absolute atomic E-state index is 11.9. The summed E-state index contributed by atoms with van der Waals surface area (Å²) in [6.07, 6.45) is 22.1. The lowest BCUT2D eigenvalue weighted by Crippen LogP contribution is -2.08. The molecule has 0 aliphatic rings. The minimum Gasteiger partial charge on any atom is -0.426 e. The lowest BCUT2D eigenvalue weighted by molar-refractivity contribution is -0.134. The summed E-state index contributed by atoms with van der Waals surface area (Å²) in [7, 11) is 0. The van der Waals surface area contributed by atoms with E-state index in [1.165, 1.54) is 89.9 Å². The Morgan fingerprint density at radius 1 is 0.679 bits per heavy atom. The van der Waals surface area contributed by atoms with Crippen LogP contribution in [0, 0.1) is 6.92 Å². The number of unbranched alkanes of at least 4 members (excludes halogenated alkanes) is 15. The highest BCUT2D eigenvalue weighted by molar-refractivity contribution is 5.72. The molecule has 0 atom stereocenters. The van der Waals surface area contributed by atoms with E-state index in [1.807, 2.05) is 31.2 Å². The second kappa shape index (κ2) is 17.8. The first kappa shape index (κ1) is 24.7. The van der Waals surface area contributed by atoms with E-state index in [-0.39, 0.29) is 5.97 Å². The molecule has 0 N–H and O–H groups in total. The lowest BCUT2D eigenvalue weighted by atomic mass is 10.0. The summed E-state index contributed by atoms with van der Waals surface area (Å²) in [6.45, 7) is 4.25. The summed E-state index contributed by atoms with van der Waals surface area (Å²) in [6, 6.07) is 7.70. The molecule has 2 heteroatoms. The van der Waals surface area contributed by atoms with Crippen LogP contribution in [0.5, 0.6) is 5.75 Å². The van der Waals surface area contributed by atoms with Crippen LogP contribution >= 0.6 is 0 Å². The molecule has 0 unspecified atom stereocenters. The lowest BCUT2D eigenvalue weighted by Gasteiger charge is -2.07. The Morgan fingerprint density at radius 3 is 1.57 bits per heavy atom. The van der Waals surface area contributed by atoms with Crippen LogP contribution in [0.2, 0.25) is 0 Å². The normalized spacial score (nSPS) is 10.9. The maximum atomic E-state index is 11.9. The van der Waals surface area contributed by atoms with E-state index < -0.39 is 0 Å². The quantitative estimate of drug-likeness (QED) is 0.143. The van der Waals surface area contributed by atoms with Crippen LogP contribution in [0.1, 0.15) is 122 Å². The number of hydrogen-bond donors (Lipinski definition) is 0. The van der Waals surface area contributed by atoms with Gasteiger partial charge in [-0.3, -0.25) is 4.79 Å². The molecular formula is C26H44O2. The van der Waals surface area contributed by atoms with Crippen LogP contribution < -0.4 is 4.74 Å². The second-order valence-electron chi connectivity index (χ2n) is 8.29. The van der Waals surface area contributed by atoms with Gasteiger partial charge in [-0.15, -0.1) is 0 Å². The van der Waals surface area contributed by atoms with Gasteiger partial charge in [-0.2, -0.15) is 0 Å². The van der Waals surface area contributed by atoms with E-state index >= 15 is 0 Å². The molecule has 2 nitrogen and oxygen atoms in total. The Bertz CT molecular complexity index is 495. The highest BCUT2D eigenvalue weighted by atomic mass is 16.5. The van der Waals surface area contributed by atoms with Gasteiger partial charge in [0.05, 0.1) is 0 Å². The molecule has 0 fully saturated rings. The fourth-order valence-electron chi connectivity index (χ4n) is 3.66. The summed E-state index contributed by atoms with van der Waals surface area (Å²) in [5, 5.41) is 0. The van der Waals surface area contributed by atoms with Crippen molar-refractivity contribution in [3.8, 4) is 5.75 Å². The van der Waals surface area contributed by atoms with Gasteiger partial charge in [0.25, 0.3) is 0 Å². The molecule has 0 heterocycles.